The van der Waals surface area contributed by atoms with Crippen LogP contribution in [0.5, 0.6) is 0 Å². The number of nitrogens with zero attached hydrogens (tertiary/aromatic N) is 1. The Labute approximate surface area is 101 Å². The normalized spacial score (nSPS) is 15.2. The Balaban J connectivity index is 1.76. The van der Waals surface area contributed by atoms with Crippen molar-refractivity contribution in [3.63, 3.8) is 0 Å². The lowest BCUT2D eigenvalue weighted by atomic mass is 10.2. The number of amides is 1. The van der Waals surface area contributed by atoms with E-state index in [-0.39, 0.29) is 18.3 Å². The van der Waals surface area contributed by atoms with Gasteiger partial charge in [0.25, 0.3) is 0 Å². The van der Waals surface area contributed by atoms with Crippen molar-refractivity contribution in [2.45, 2.75) is 19.4 Å². The Morgan fingerprint density at radius 3 is 2.71 bits per heavy atom. The second-order valence-corrected chi connectivity index (χ2v) is 4.28. The predicted molar refractivity (Wildman–Crippen MR) is 63.9 cm³/mol. The third kappa shape index (κ3) is 3.27. The first kappa shape index (κ1) is 12.0. The molecule has 1 saturated heterocycles. The Morgan fingerprint density at radius 1 is 1.29 bits per heavy atom. The van der Waals surface area contributed by atoms with Crippen molar-refractivity contribution in [2.24, 2.45) is 0 Å². The van der Waals surface area contributed by atoms with Gasteiger partial charge in [-0.15, -0.1) is 0 Å². The molecule has 92 valence electrons. The number of rotatable bonds is 4. The highest BCUT2D eigenvalue weighted by atomic mass is 19.1. The molecule has 0 radical (unpaired) electrons. The maximum absolute atomic E-state index is 13.3. The molecule has 1 heterocycles. The third-order valence-electron chi connectivity index (χ3n) is 3.01. The summed E-state index contributed by atoms with van der Waals surface area (Å²) in [7, 11) is 0. The predicted octanol–water partition coefficient (Wildman–Crippen LogP) is 1.54. The first-order chi connectivity index (χ1) is 8.27. The van der Waals surface area contributed by atoms with Gasteiger partial charge < -0.3 is 10.2 Å². The summed E-state index contributed by atoms with van der Waals surface area (Å²) in [5, 5.41) is 2.99. The molecular formula is C13H17FN2O. The molecule has 1 aromatic carbocycles. The summed E-state index contributed by atoms with van der Waals surface area (Å²) in [6.07, 6.45) is 2.19. The molecule has 1 aromatic rings. The molecule has 1 fully saturated rings. The van der Waals surface area contributed by atoms with E-state index in [1.807, 2.05) is 4.90 Å². The van der Waals surface area contributed by atoms with Gasteiger partial charge in [-0.05, 0) is 18.9 Å². The maximum atomic E-state index is 13.3. The molecule has 1 amide bonds. The van der Waals surface area contributed by atoms with E-state index in [0.29, 0.717) is 12.1 Å². The minimum Gasteiger partial charge on any atom is -0.342 e. The van der Waals surface area contributed by atoms with Crippen LogP contribution in [0.25, 0.3) is 0 Å². The van der Waals surface area contributed by atoms with Crippen molar-refractivity contribution in [3.05, 3.63) is 35.6 Å². The number of nitrogens with one attached hydrogen (secondary N) is 1. The summed E-state index contributed by atoms with van der Waals surface area (Å²) in [5.41, 5.74) is 0.599. The molecule has 0 aromatic heterocycles. The minimum absolute atomic E-state index is 0.110. The Morgan fingerprint density at radius 2 is 2.00 bits per heavy atom. The summed E-state index contributed by atoms with van der Waals surface area (Å²) in [4.78, 5) is 13.5. The van der Waals surface area contributed by atoms with Crippen LogP contribution in [-0.4, -0.2) is 30.4 Å². The molecule has 1 N–H and O–H groups in total. The molecule has 0 unspecified atom stereocenters. The number of hydrogen-bond acceptors (Lipinski definition) is 2. The van der Waals surface area contributed by atoms with E-state index in [1.165, 1.54) is 6.07 Å². The van der Waals surface area contributed by atoms with E-state index < -0.39 is 0 Å². The van der Waals surface area contributed by atoms with Gasteiger partial charge in [-0.2, -0.15) is 0 Å². The van der Waals surface area contributed by atoms with Crippen LogP contribution in [0.2, 0.25) is 0 Å². The first-order valence-corrected chi connectivity index (χ1v) is 5.99. The zero-order valence-electron chi connectivity index (χ0n) is 9.79. The second-order valence-electron chi connectivity index (χ2n) is 4.28. The molecular weight excluding hydrogens is 219 g/mol. The van der Waals surface area contributed by atoms with E-state index in [1.54, 1.807) is 18.2 Å². The summed E-state index contributed by atoms with van der Waals surface area (Å²) in [6, 6.07) is 6.61. The van der Waals surface area contributed by atoms with Crippen LogP contribution >= 0.6 is 0 Å². The van der Waals surface area contributed by atoms with E-state index in [0.717, 1.165) is 25.9 Å². The van der Waals surface area contributed by atoms with Crippen molar-refractivity contribution in [1.82, 2.24) is 10.2 Å². The van der Waals surface area contributed by atoms with E-state index >= 15 is 0 Å². The highest BCUT2D eigenvalue weighted by Crippen LogP contribution is 2.08. The average molecular weight is 236 g/mol. The van der Waals surface area contributed by atoms with Gasteiger partial charge in [0.2, 0.25) is 5.91 Å². The topological polar surface area (TPSA) is 32.3 Å². The fourth-order valence-electron chi connectivity index (χ4n) is 2.02. The summed E-state index contributed by atoms with van der Waals surface area (Å²) in [6.45, 7) is 2.40. The summed E-state index contributed by atoms with van der Waals surface area (Å²) in [5.74, 6) is -0.118. The Kier molecular flexibility index (Phi) is 4.09. The zero-order chi connectivity index (χ0) is 12.1. The lowest BCUT2D eigenvalue weighted by molar-refractivity contribution is -0.129. The summed E-state index contributed by atoms with van der Waals surface area (Å²) >= 11 is 0. The van der Waals surface area contributed by atoms with Gasteiger partial charge in [-0.25, -0.2) is 4.39 Å². The number of benzene rings is 1. The first-order valence-electron chi connectivity index (χ1n) is 5.99. The number of hydrogen-bond donors (Lipinski definition) is 1. The summed E-state index contributed by atoms with van der Waals surface area (Å²) < 4.78 is 13.3. The number of carbonyl (C=O) groups excluding carboxylic acids is 1. The SMILES string of the molecule is O=C(CNCc1ccccc1F)N1CCCC1. The molecule has 0 saturated carbocycles. The molecule has 3 nitrogen and oxygen atoms in total. The highest BCUT2D eigenvalue weighted by molar-refractivity contribution is 5.78. The molecule has 1 aliphatic heterocycles. The number of likely N-dealkylation sites (tertiary alicyclic amines) is 1. The molecule has 4 heteroatoms. The molecule has 0 atom stereocenters. The van der Waals surface area contributed by atoms with Gasteiger partial charge in [0.15, 0.2) is 0 Å². The van der Waals surface area contributed by atoms with Gasteiger partial charge in [-0.1, -0.05) is 18.2 Å². The Hall–Kier alpha value is -1.42. The van der Waals surface area contributed by atoms with E-state index in [9.17, 15) is 9.18 Å². The monoisotopic (exact) mass is 236 g/mol. The average Bonchev–Trinajstić information content (AvgIpc) is 2.85. The van der Waals surface area contributed by atoms with Crippen molar-refractivity contribution in [3.8, 4) is 0 Å². The molecule has 17 heavy (non-hydrogen) atoms. The van der Waals surface area contributed by atoms with Crippen LogP contribution in [0.3, 0.4) is 0 Å². The molecule has 0 spiro atoms. The van der Waals surface area contributed by atoms with Crippen LogP contribution in [-0.2, 0) is 11.3 Å². The quantitative estimate of drug-likeness (QED) is 0.860. The van der Waals surface area contributed by atoms with Crippen LogP contribution in [0.1, 0.15) is 18.4 Å². The van der Waals surface area contributed by atoms with Gasteiger partial charge in [0.05, 0.1) is 6.54 Å². The van der Waals surface area contributed by atoms with Crippen molar-refractivity contribution >= 4 is 5.91 Å². The maximum Gasteiger partial charge on any atom is 0.236 e. The number of carbonyl (C=O) groups is 1. The van der Waals surface area contributed by atoms with Crippen molar-refractivity contribution in [1.29, 1.82) is 0 Å². The largest absolute Gasteiger partial charge is 0.342 e. The van der Waals surface area contributed by atoms with Crippen molar-refractivity contribution in [2.75, 3.05) is 19.6 Å². The number of halogens is 1. The van der Waals surface area contributed by atoms with Crippen LogP contribution < -0.4 is 5.32 Å². The fraction of sp³-hybridized carbons (Fsp3) is 0.462. The van der Waals surface area contributed by atoms with Gasteiger partial charge in [0, 0.05) is 25.2 Å². The molecule has 1 aliphatic rings. The van der Waals surface area contributed by atoms with Gasteiger partial charge >= 0.3 is 0 Å². The third-order valence-corrected chi connectivity index (χ3v) is 3.01. The standard InChI is InChI=1S/C13H17FN2O/c14-12-6-2-1-5-11(12)9-15-10-13(17)16-7-3-4-8-16/h1-2,5-6,15H,3-4,7-10H2. The fourth-order valence-corrected chi connectivity index (χ4v) is 2.02. The lowest BCUT2D eigenvalue weighted by Crippen LogP contribution is -2.36. The van der Waals surface area contributed by atoms with Gasteiger partial charge in [0.1, 0.15) is 5.82 Å². The van der Waals surface area contributed by atoms with Crippen molar-refractivity contribution < 1.29 is 9.18 Å². The Bertz CT molecular complexity index is 389. The lowest BCUT2D eigenvalue weighted by Gasteiger charge is -2.15. The zero-order valence-corrected chi connectivity index (χ0v) is 9.79. The molecule has 0 aliphatic carbocycles. The van der Waals surface area contributed by atoms with Crippen LogP contribution in [0.4, 0.5) is 4.39 Å². The van der Waals surface area contributed by atoms with Crippen LogP contribution in [0, 0.1) is 5.82 Å². The minimum atomic E-state index is -0.228. The van der Waals surface area contributed by atoms with Gasteiger partial charge in [-0.3, -0.25) is 4.79 Å². The van der Waals surface area contributed by atoms with Crippen LogP contribution in [0.15, 0.2) is 24.3 Å². The van der Waals surface area contributed by atoms with E-state index in [2.05, 4.69) is 5.32 Å². The molecule has 0 bridgehead atoms. The van der Waals surface area contributed by atoms with E-state index in [4.69, 9.17) is 0 Å². The second kappa shape index (κ2) is 5.77. The molecule has 2 rings (SSSR count). The smallest absolute Gasteiger partial charge is 0.236 e. The highest BCUT2D eigenvalue weighted by Gasteiger charge is 2.16.